The molecule has 0 aromatic carbocycles. The molecule has 3 fully saturated rings. The number of nitrogens with one attached hydrogen (secondary N) is 1. The summed E-state index contributed by atoms with van der Waals surface area (Å²) in [5.74, 6) is 0.681. The van der Waals surface area contributed by atoms with E-state index < -0.39 is 0 Å². The van der Waals surface area contributed by atoms with Gasteiger partial charge in [0, 0.05) is 45.6 Å². The molecule has 3 heterocycles. The molecule has 2 saturated heterocycles. The van der Waals surface area contributed by atoms with Gasteiger partial charge in [-0.25, -0.2) is 0 Å². The lowest BCUT2D eigenvalue weighted by Crippen LogP contribution is -2.49. The van der Waals surface area contributed by atoms with Crippen LogP contribution in [0.3, 0.4) is 0 Å². The van der Waals surface area contributed by atoms with Crippen LogP contribution in [-0.4, -0.2) is 66.9 Å². The van der Waals surface area contributed by atoms with Gasteiger partial charge in [-0.1, -0.05) is 0 Å². The quantitative estimate of drug-likeness (QED) is 0.870. The van der Waals surface area contributed by atoms with Crippen LogP contribution in [0.4, 0.5) is 0 Å². The molecular weight excluding hydrogens is 328 g/mol. The van der Waals surface area contributed by atoms with E-state index in [9.17, 15) is 9.59 Å². The van der Waals surface area contributed by atoms with Crippen molar-refractivity contribution in [2.24, 2.45) is 16.7 Å². The zero-order valence-corrected chi connectivity index (χ0v) is 15.7. The fourth-order valence-corrected chi connectivity index (χ4v) is 5.84. The van der Waals surface area contributed by atoms with E-state index in [0.29, 0.717) is 11.5 Å². The van der Waals surface area contributed by atoms with E-state index in [1.54, 1.807) is 19.4 Å². The smallest absolute Gasteiger partial charge is 0.255 e. The van der Waals surface area contributed by atoms with Crippen molar-refractivity contribution >= 4 is 11.8 Å². The molecule has 0 radical (unpaired) electrons. The second-order valence-electron chi connectivity index (χ2n) is 8.38. The van der Waals surface area contributed by atoms with Crippen LogP contribution < -0.4 is 5.32 Å². The molecule has 140 valence electrons. The molecule has 0 unspecified atom stereocenters. The topological polar surface area (TPSA) is 65.5 Å². The minimum atomic E-state index is -0.237. The van der Waals surface area contributed by atoms with Gasteiger partial charge < -0.3 is 15.1 Å². The predicted octanol–water partition coefficient (Wildman–Crippen LogP) is 1.39. The fourth-order valence-electron chi connectivity index (χ4n) is 5.84. The number of hydrogen-bond donors (Lipinski definition) is 1. The Morgan fingerprint density at radius 1 is 1.23 bits per heavy atom. The first-order valence-electron chi connectivity index (χ1n) is 9.61. The molecule has 1 aromatic heterocycles. The molecule has 26 heavy (non-hydrogen) atoms. The number of nitrogens with zero attached hydrogens (tertiary/aromatic N) is 3. The maximum Gasteiger partial charge on any atom is 0.255 e. The first-order chi connectivity index (χ1) is 12.5. The van der Waals surface area contributed by atoms with Crippen molar-refractivity contribution in [3.63, 3.8) is 0 Å². The Morgan fingerprint density at radius 3 is 2.65 bits per heavy atom. The van der Waals surface area contributed by atoms with Crippen molar-refractivity contribution in [3.05, 3.63) is 30.1 Å². The molecule has 3 aliphatic rings. The van der Waals surface area contributed by atoms with Crippen molar-refractivity contribution in [1.29, 1.82) is 0 Å². The van der Waals surface area contributed by atoms with Crippen LogP contribution >= 0.6 is 0 Å². The molecule has 1 saturated carbocycles. The molecule has 1 aromatic rings. The lowest BCUT2D eigenvalue weighted by Gasteiger charge is -2.44. The van der Waals surface area contributed by atoms with E-state index in [2.05, 4.69) is 22.2 Å². The minimum Gasteiger partial charge on any atom is -0.359 e. The number of rotatable bonds is 2. The lowest BCUT2D eigenvalue weighted by atomic mass is 9.65. The summed E-state index contributed by atoms with van der Waals surface area (Å²) in [4.78, 5) is 33.8. The van der Waals surface area contributed by atoms with E-state index >= 15 is 0 Å². The molecular formula is C20H28N4O2. The third-order valence-electron chi connectivity index (χ3n) is 7.16. The predicted molar refractivity (Wildman–Crippen MR) is 98.5 cm³/mol. The normalized spacial score (nSPS) is 30.4. The van der Waals surface area contributed by atoms with Crippen molar-refractivity contribution in [2.45, 2.75) is 25.7 Å². The average Bonchev–Trinajstić information content (AvgIpc) is 3.17. The Balaban J connectivity index is 1.50. The summed E-state index contributed by atoms with van der Waals surface area (Å²) in [6.07, 6.45) is 7.40. The minimum absolute atomic E-state index is 0.0760. The van der Waals surface area contributed by atoms with Gasteiger partial charge in [0.15, 0.2) is 0 Å². The second-order valence-corrected chi connectivity index (χ2v) is 8.38. The summed E-state index contributed by atoms with van der Waals surface area (Å²) >= 11 is 0. The Kier molecular flexibility index (Phi) is 4.26. The van der Waals surface area contributed by atoms with Gasteiger partial charge in [0.05, 0.1) is 11.0 Å². The third-order valence-corrected chi connectivity index (χ3v) is 7.16. The highest BCUT2D eigenvalue weighted by Crippen LogP contribution is 2.61. The van der Waals surface area contributed by atoms with Crippen molar-refractivity contribution < 1.29 is 9.59 Å². The van der Waals surface area contributed by atoms with Crippen LogP contribution in [0.25, 0.3) is 0 Å². The molecule has 0 bridgehead atoms. The number of carbonyl (C=O) groups is 2. The molecule has 1 spiro atoms. The van der Waals surface area contributed by atoms with E-state index in [4.69, 9.17) is 0 Å². The third kappa shape index (κ3) is 2.54. The second kappa shape index (κ2) is 6.34. The first kappa shape index (κ1) is 17.5. The Labute approximate surface area is 155 Å². The average molecular weight is 356 g/mol. The van der Waals surface area contributed by atoms with Gasteiger partial charge >= 0.3 is 0 Å². The number of carbonyl (C=O) groups excluding carboxylic acids is 2. The number of hydrogen-bond acceptors (Lipinski definition) is 4. The maximum absolute atomic E-state index is 12.7. The van der Waals surface area contributed by atoms with Crippen molar-refractivity contribution in [2.75, 3.05) is 40.3 Å². The van der Waals surface area contributed by atoms with Gasteiger partial charge in [0.2, 0.25) is 5.91 Å². The number of likely N-dealkylation sites (tertiary alicyclic amines) is 2. The highest BCUT2D eigenvalue weighted by molar-refractivity contribution is 5.94. The van der Waals surface area contributed by atoms with Crippen molar-refractivity contribution in [3.8, 4) is 0 Å². The van der Waals surface area contributed by atoms with Gasteiger partial charge in [0.1, 0.15) is 0 Å². The Bertz CT molecular complexity index is 699. The van der Waals surface area contributed by atoms with Gasteiger partial charge in [0.25, 0.3) is 5.91 Å². The molecule has 6 heteroatoms. The van der Waals surface area contributed by atoms with Gasteiger partial charge in [-0.2, -0.15) is 0 Å². The largest absolute Gasteiger partial charge is 0.359 e. The van der Waals surface area contributed by atoms with E-state index in [1.807, 2.05) is 17.0 Å². The van der Waals surface area contributed by atoms with E-state index in [-0.39, 0.29) is 22.6 Å². The summed E-state index contributed by atoms with van der Waals surface area (Å²) in [5, 5.41) is 2.92. The van der Waals surface area contributed by atoms with Crippen LogP contribution in [0.5, 0.6) is 0 Å². The zero-order valence-electron chi connectivity index (χ0n) is 15.7. The van der Waals surface area contributed by atoms with Crippen LogP contribution in [-0.2, 0) is 4.79 Å². The summed E-state index contributed by atoms with van der Waals surface area (Å²) in [6.45, 7) is 3.40. The molecule has 1 N–H and O–H groups in total. The van der Waals surface area contributed by atoms with Gasteiger partial charge in [-0.3, -0.25) is 14.6 Å². The maximum atomic E-state index is 12.7. The molecule has 2 amide bonds. The summed E-state index contributed by atoms with van der Waals surface area (Å²) in [5.41, 5.74) is 0.623. The molecule has 4 rings (SSSR count). The first-order valence-corrected chi connectivity index (χ1v) is 9.61. The van der Waals surface area contributed by atoms with E-state index in [1.165, 1.54) is 0 Å². The summed E-state index contributed by atoms with van der Waals surface area (Å²) in [7, 11) is 3.88. The van der Waals surface area contributed by atoms with Crippen LogP contribution in [0.15, 0.2) is 24.5 Å². The molecule has 2 aliphatic heterocycles. The van der Waals surface area contributed by atoms with Crippen LogP contribution in [0.2, 0.25) is 0 Å². The summed E-state index contributed by atoms with van der Waals surface area (Å²) in [6, 6.07) is 3.64. The number of pyridine rings is 1. The Hall–Kier alpha value is -1.95. The monoisotopic (exact) mass is 356 g/mol. The Morgan fingerprint density at radius 2 is 2.00 bits per heavy atom. The van der Waals surface area contributed by atoms with Crippen molar-refractivity contribution in [1.82, 2.24) is 20.1 Å². The fraction of sp³-hybridized carbons (Fsp3) is 0.650. The molecule has 2 atom stereocenters. The van der Waals surface area contributed by atoms with Gasteiger partial charge in [-0.15, -0.1) is 0 Å². The van der Waals surface area contributed by atoms with Gasteiger partial charge in [-0.05, 0) is 56.2 Å². The number of aromatic nitrogens is 1. The number of piperidine rings is 1. The standard InChI is InChI=1S/C20H28N4O2/c1-21-18(26)20-6-5-19(16(20)13-23(2)14-20)7-10-24(11-8-19)17(25)15-4-3-9-22-12-15/h3-4,9,12,16H,5-8,10-11,13-14H2,1-2H3,(H,21,26)/t16-,20+/m0/s1. The van der Waals surface area contributed by atoms with Crippen LogP contribution in [0, 0.1) is 16.7 Å². The number of fused-ring (bicyclic) bond motifs is 2. The number of amides is 2. The summed E-state index contributed by atoms with van der Waals surface area (Å²) < 4.78 is 0. The van der Waals surface area contributed by atoms with E-state index in [0.717, 1.165) is 51.9 Å². The lowest BCUT2D eigenvalue weighted by molar-refractivity contribution is -0.132. The van der Waals surface area contributed by atoms with Crippen LogP contribution in [0.1, 0.15) is 36.0 Å². The highest BCUT2D eigenvalue weighted by atomic mass is 16.2. The SMILES string of the molecule is CNC(=O)[C@@]12CCC3(CCN(C(=O)c4cccnc4)CC3)[C@@H]1CN(C)C2. The zero-order chi connectivity index (χ0) is 18.4. The molecule has 1 aliphatic carbocycles. The molecule has 6 nitrogen and oxygen atoms in total. The highest BCUT2D eigenvalue weighted by Gasteiger charge is 2.63.